The van der Waals surface area contributed by atoms with E-state index in [-0.39, 0.29) is 5.91 Å². The molecule has 1 aliphatic heterocycles. The number of carbonyl (C=O) groups is 1. The summed E-state index contributed by atoms with van der Waals surface area (Å²) < 4.78 is 11.4. The van der Waals surface area contributed by atoms with Gasteiger partial charge in [-0.05, 0) is 23.3 Å². The lowest BCUT2D eigenvalue weighted by molar-refractivity contribution is 0.0650. The summed E-state index contributed by atoms with van der Waals surface area (Å²) in [5, 5.41) is 0. The molecular weight excluding hydrogens is 356 g/mol. The Hall–Kier alpha value is -2.24. The maximum absolute atomic E-state index is 12.8. The topological polar surface area (TPSA) is 40.6 Å². The first-order valence-corrected chi connectivity index (χ1v) is 11.0. The molecule has 1 atom stereocenters. The van der Waals surface area contributed by atoms with E-state index in [0.717, 1.165) is 38.3 Å². The number of carbonyl (C=O) groups excluding carboxylic acids is 1. The maximum atomic E-state index is 12.8. The minimum Gasteiger partial charge on any atom is -0.336 e. The van der Waals surface area contributed by atoms with Gasteiger partial charge in [0.1, 0.15) is 0 Å². The average Bonchev–Trinajstić information content (AvgIpc) is 2.68. The van der Waals surface area contributed by atoms with Crippen LogP contribution in [0.4, 0.5) is 0 Å². The molecule has 0 bridgehead atoms. The van der Waals surface area contributed by atoms with Gasteiger partial charge in [-0.3, -0.25) is 13.9 Å². The van der Waals surface area contributed by atoms with E-state index >= 15 is 0 Å². The van der Waals surface area contributed by atoms with Gasteiger partial charge in [0.2, 0.25) is 0 Å². The van der Waals surface area contributed by atoms with Gasteiger partial charge >= 0.3 is 0 Å². The fourth-order valence-corrected chi connectivity index (χ4v) is 3.90. The minimum atomic E-state index is -0.903. The molecule has 1 fully saturated rings. The van der Waals surface area contributed by atoms with Crippen molar-refractivity contribution in [2.45, 2.75) is 5.75 Å². The van der Waals surface area contributed by atoms with Crippen molar-refractivity contribution in [3.63, 3.8) is 0 Å². The monoisotopic (exact) mass is 382 g/mol. The molecule has 5 heteroatoms. The van der Waals surface area contributed by atoms with Gasteiger partial charge in [0, 0.05) is 61.1 Å². The maximum Gasteiger partial charge on any atom is 0.253 e. The van der Waals surface area contributed by atoms with Crippen LogP contribution in [0.5, 0.6) is 0 Å². The molecule has 2 aromatic carbocycles. The van der Waals surface area contributed by atoms with Crippen molar-refractivity contribution in [2.24, 2.45) is 0 Å². The van der Waals surface area contributed by atoms with Crippen molar-refractivity contribution in [1.29, 1.82) is 0 Å². The van der Waals surface area contributed by atoms with E-state index in [1.165, 1.54) is 5.56 Å². The van der Waals surface area contributed by atoms with Crippen molar-refractivity contribution >= 4 is 22.8 Å². The Morgan fingerprint density at radius 2 is 1.78 bits per heavy atom. The van der Waals surface area contributed by atoms with Crippen LogP contribution in [0.25, 0.3) is 6.08 Å². The van der Waals surface area contributed by atoms with Gasteiger partial charge in [-0.2, -0.15) is 0 Å². The van der Waals surface area contributed by atoms with Crippen LogP contribution in [0, 0.1) is 0 Å². The highest BCUT2D eigenvalue weighted by molar-refractivity contribution is 7.83. The van der Waals surface area contributed by atoms with E-state index in [1.807, 2.05) is 47.4 Å². The van der Waals surface area contributed by atoms with E-state index in [0.29, 0.717) is 11.3 Å². The molecule has 1 amide bonds. The van der Waals surface area contributed by atoms with Crippen molar-refractivity contribution in [3.05, 3.63) is 77.4 Å². The highest BCUT2D eigenvalue weighted by atomic mass is 32.2. The molecule has 4 nitrogen and oxygen atoms in total. The molecule has 0 aromatic heterocycles. The molecule has 0 N–H and O–H groups in total. The van der Waals surface area contributed by atoms with E-state index < -0.39 is 10.8 Å². The summed E-state index contributed by atoms with van der Waals surface area (Å²) in [6.07, 6.45) is 6.00. The summed E-state index contributed by atoms with van der Waals surface area (Å²) in [6.45, 7) is 4.13. The normalized spacial score (nSPS) is 16.6. The van der Waals surface area contributed by atoms with Gasteiger partial charge in [0.05, 0.1) is 0 Å². The zero-order valence-electron chi connectivity index (χ0n) is 15.7. The van der Waals surface area contributed by atoms with Crippen LogP contribution in [0.1, 0.15) is 21.5 Å². The SMILES string of the molecule is CS(=O)Cc1cccc(C(=O)N2CCN(C/C=C/c3ccccc3)CC2)c1. The second kappa shape index (κ2) is 9.62. The van der Waals surface area contributed by atoms with Crippen molar-refractivity contribution < 1.29 is 9.00 Å². The summed E-state index contributed by atoms with van der Waals surface area (Å²) in [7, 11) is -0.903. The average molecular weight is 383 g/mol. The van der Waals surface area contributed by atoms with Crippen LogP contribution in [0.2, 0.25) is 0 Å². The molecule has 1 saturated heterocycles. The third kappa shape index (κ3) is 5.88. The summed E-state index contributed by atoms with van der Waals surface area (Å²) >= 11 is 0. The van der Waals surface area contributed by atoms with Crippen LogP contribution in [0.15, 0.2) is 60.7 Å². The summed E-state index contributed by atoms with van der Waals surface area (Å²) in [5.41, 5.74) is 2.85. The highest BCUT2D eigenvalue weighted by Crippen LogP contribution is 2.12. The lowest BCUT2D eigenvalue weighted by Gasteiger charge is -2.34. The number of rotatable bonds is 6. The van der Waals surface area contributed by atoms with Gasteiger partial charge in [-0.25, -0.2) is 0 Å². The molecule has 2 aromatic rings. The zero-order chi connectivity index (χ0) is 19.1. The molecule has 27 heavy (non-hydrogen) atoms. The molecule has 142 valence electrons. The highest BCUT2D eigenvalue weighted by Gasteiger charge is 2.21. The van der Waals surface area contributed by atoms with Gasteiger partial charge in [0.15, 0.2) is 0 Å². The number of piperazine rings is 1. The summed E-state index contributed by atoms with van der Waals surface area (Å²) in [4.78, 5) is 17.0. The van der Waals surface area contributed by atoms with Crippen LogP contribution >= 0.6 is 0 Å². The first-order chi connectivity index (χ1) is 13.1. The predicted molar refractivity (Wildman–Crippen MR) is 112 cm³/mol. The van der Waals surface area contributed by atoms with Crippen molar-refractivity contribution in [3.8, 4) is 0 Å². The van der Waals surface area contributed by atoms with Gasteiger partial charge in [0.25, 0.3) is 5.91 Å². The van der Waals surface area contributed by atoms with Gasteiger partial charge in [-0.1, -0.05) is 54.6 Å². The molecular formula is C22H26N2O2S. The summed E-state index contributed by atoms with van der Waals surface area (Å²) in [5.74, 6) is 0.557. The van der Waals surface area contributed by atoms with E-state index in [2.05, 4.69) is 29.2 Å². The summed E-state index contributed by atoms with van der Waals surface area (Å²) in [6, 6.07) is 17.8. The Kier molecular flexibility index (Phi) is 6.96. The predicted octanol–water partition coefficient (Wildman–Crippen LogP) is 3.04. The minimum absolute atomic E-state index is 0.0678. The smallest absolute Gasteiger partial charge is 0.253 e. The molecule has 0 aliphatic carbocycles. The Bertz CT molecular complexity index is 812. The Morgan fingerprint density at radius 3 is 2.48 bits per heavy atom. The fourth-order valence-electron chi connectivity index (χ4n) is 3.25. The van der Waals surface area contributed by atoms with E-state index in [1.54, 1.807) is 6.26 Å². The standard InChI is InChI=1S/C22H26N2O2S/c1-27(26)18-20-9-5-11-21(17-20)22(25)24-15-13-23(14-16-24)12-6-10-19-7-3-2-4-8-19/h2-11,17H,12-16,18H2,1H3/b10-6+. The van der Waals surface area contributed by atoms with Crippen LogP contribution in [0.3, 0.4) is 0 Å². The molecule has 3 rings (SSSR count). The first-order valence-electron chi connectivity index (χ1n) is 9.24. The quantitative estimate of drug-likeness (QED) is 0.771. The Balaban J connectivity index is 1.50. The third-order valence-corrected chi connectivity index (χ3v) is 5.42. The molecule has 0 saturated carbocycles. The van der Waals surface area contributed by atoms with Crippen LogP contribution < -0.4 is 0 Å². The van der Waals surface area contributed by atoms with Crippen LogP contribution in [-0.2, 0) is 16.6 Å². The van der Waals surface area contributed by atoms with Crippen molar-refractivity contribution in [1.82, 2.24) is 9.80 Å². The largest absolute Gasteiger partial charge is 0.336 e. The van der Waals surface area contributed by atoms with Crippen LogP contribution in [-0.4, -0.2) is 58.9 Å². The number of nitrogens with zero attached hydrogens (tertiary/aromatic N) is 2. The zero-order valence-corrected chi connectivity index (χ0v) is 16.5. The Labute approximate surface area is 163 Å². The molecule has 0 radical (unpaired) electrons. The van der Waals surface area contributed by atoms with E-state index in [9.17, 15) is 9.00 Å². The molecule has 1 heterocycles. The first kappa shape index (κ1) is 19.5. The fraction of sp³-hybridized carbons (Fsp3) is 0.318. The van der Waals surface area contributed by atoms with Gasteiger partial charge < -0.3 is 4.90 Å². The van der Waals surface area contributed by atoms with Gasteiger partial charge in [-0.15, -0.1) is 0 Å². The molecule has 1 unspecified atom stereocenters. The Morgan fingerprint density at radius 1 is 1.04 bits per heavy atom. The second-order valence-electron chi connectivity index (χ2n) is 6.82. The van der Waals surface area contributed by atoms with E-state index in [4.69, 9.17) is 0 Å². The number of amides is 1. The second-order valence-corrected chi connectivity index (χ2v) is 8.26. The lowest BCUT2D eigenvalue weighted by atomic mass is 10.1. The lowest BCUT2D eigenvalue weighted by Crippen LogP contribution is -2.48. The molecule has 1 aliphatic rings. The van der Waals surface area contributed by atoms with Crippen molar-refractivity contribution in [2.75, 3.05) is 39.0 Å². The molecule has 0 spiro atoms. The number of hydrogen-bond acceptors (Lipinski definition) is 3. The number of benzene rings is 2. The number of hydrogen-bond donors (Lipinski definition) is 0. The third-order valence-electron chi connectivity index (χ3n) is 4.68.